The summed E-state index contributed by atoms with van der Waals surface area (Å²) >= 11 is 0. The van der Waals surface area contributed by atoms with E-state index in [0.717, 1.165) is 19.6 Å². The first-order valence-corrected chi connectivity index (χ1v) is 13.8. The smallest absolute Gasteiger partial charge is 0.259 e. The number of pyridine rings is 2. The van der Waals surface area contributed by atoms with Gasteiger partial charge in [-0.1, -0.05) is 25.3 Å². The molecule has 9 nitrogen and oxygen atoms in total. The van der Waals surface area contributed by atoms with Crippen LogP contribution in [-0.4, -0.2) is 100 Å². The number of hydrogen-bond acceptors (Lipinski definition) is 7. The monoisotopic (exact) mass is 533 g/mol. The number of carbonyl (C=O) groups is 2. The van der Waals surface area contributed by atoms with Crippen molar-refractivity contribution in [2.75, 3.05) is 46.4 Å². The fourth-order valence-corrected chi connectivity index (χ4v) is 4.96. The predicted molar refractivity (Wildman–Crippen MR) is 148 cm³/mol. The third-order valence-electron chi connectivity index (χ3n) is 7.49. The Hall–Kier alpha value is -3.48. The Bertz CT molecular complexity index is 1190. The Morgan fingerprint density at radius 1 is 1.23 bits per heavy atom. The van der Waals surface area contributed by atoms with Gasteiger partial charge < -0.3 is 24.5 Å². The van der Waals surface area contributed by atoms with E-state index in [2.05, 4.69) is 26.7 Å². The van der Waals surface area contributed by atoms with Crippen molar-refractivity contribution in [2.24, 2.45) is 5.92 Å². The summed E-state index contributed by atoms with van der Waals surface area (Å²) in [5, 5.41) is 9.89. The van der Waals surface area contributed by atoms with Crippen LogP contribution in [0.5, 0.6) is 5.88 Å². The van der Waals surface area contributed by atoms with E-state index in [-0.39, 0.29) is 36.3 Å². The average molecular weight is 534 g/mol. The maximum Gasteiger partial charge on any atom is 0.259 e. The number of likely N-dealkylation sites (tertiary alicyclic amines) is 1. The fraction of sp³-hybridized carbons (Fsp3) is 0.533. The third-order valence-corrected chi connectivity index (χ3v) is 7.49. The highest BCUT2D eigenvalue weighted by molar-refractivity contribution is 5.97. The Morgan fingerprint density at radius 3 is 2.74 bits per heavy atom. The number of rotatable bonds is 7. The van der Waals surface area contributed by atoms with Crippen LogP contribution in [0, 0.1) is 17.8 Å². The summed E-state index contributed by atoms with van der Waals surface area (Å²) < 4.78 is 6.33. The van der Waals surface area contributed by atoms with E-state index in [1.54, 1.807) is 35.3 Å². The molecular weight excluding hydrogens is 494 g/mol. The van der Waals surface area contributed by atoms with Crippen molar-refractivity contribution < 1.29 is 19.4 Å². The molecule has 0 bridgehead atoms. The number of aliphatic hydroxyl groups is 1. The maximum absolute atomic E-state index is 13.6. The number of hydrogen-bond donors (Lipinski definition) is 1. The molecule has 1 saturated heterocycles. The number of aliphatic hydroxyl groups excluding tert-OH is 1. The zero-order valence-corrected chi connectivity index (χ0v) is 23.2. The zero-order chi connectivity index (χ0) is 27.8. The summed E-state index contributed by atoms with van der Waals surface area (Å²) in [6.45, 7) is 7.29. The first-order chi connectivity index (χ1) is 18.9. The van der Waals surface area contributed by atoms with E-state index in [0.29, 0.717) is 36.3 Å². The summed E-state index contributed by atoms with van der Waals surface area (Å²) in [4.78, 5) is 41.0. The van der Waals surface area contributed by atoms with E-state index in [9.17, 15) is 14.7 Å². The van der Waals surface area contributed by atoms with Gasteiger partial charge in [0.05, 0.1) is 19.2 Å². The Kier molecular flexibility index (Phi) is 9.90. The van der Waals surface area contributed by atoms with Gasteiger partial charge in [-0.3, -0.25) is 9.59 Å². The van der Waals surface area contributed by atoms with Crippen molar-refractivity contribution in [3.05, 3.63) is 53.5 Å². The molecule has 39 heavy (non-hydrogen) atoms. The SMILES string of the molecule is C[C@@H]1CN([C@@H](C)CO)C(=O)c2cc(C#Cc3ccccn3)cnc2O[C@H]1CN(C)C(=O)CCN1CCCCC1. The third kappa shape index (κ3) is 7.55. The number of likely N-dealkylation sites (N-methyl/N-ethyl adjacent to an activating group) is 1. The lowest BCUT2D eigenvalue weighted by molar-refractivity contribution is -0.131. The summed E-state index contributed by atoms with van der Waals surface area (Å²) in [5.74, 6) is 5.94. The molecule has 3 atom stereocenters. The van der Waals surface area contributed by atoms with Gasteiger partial charge in [0.2, 0.25) is 11.8 Å². The minimum Gasteiger partial charge on any atom is -0.472 e. The summed E-state index contributed by atoms with van der Waals surface area (Å²) in [5.41, 5.74) is 1.46. The number of piperidine rings is 1. The van der Waals surface area contributed by atoms with Crippen molar-refractivity contribution in [1.29, 1.82) is 0 Å². The molecule has 9 heteroatoms. The van der Waals surface area contributed by atoms with Crippen molar-refractivity contribution in [2.45, 2.75) is 51.7 Å². The predicted octanol–water partition coefficient (Wildman–Crippen LogP) is 2.43. The lowest BCUT2D eigenvalue weighted by atomic mass is 9.99. The second-order valence-corrected chi connectivity index (χ2v) is 10.6. The highest BCUT2D eigenvalue weighted by Crippen LogP contribution is 2.27. The number of carbonyl (C=O) groups excluding carboxylic acids is 2. The summed E-state index contributed by atoms with van der Waals surface area (Å²) in [7, 11) is 1.80. The van der Waals surface area contributed by atoms with Crippen molar-refractivity contribution in [3.63, 3.8) is 0 Å². The number of amides is 2. The van der Waals surface area contributed by atoms with E-state index in [1.165, 1.54) is 19.3 Å². The molecule has 0 saturated carbocycles. The lowest BCUT2D eigenvalue weighted by Gasteiger charge is -2.37. The summed E-state index contributed by atoms with van der Waals surface area (Å²) in [6, 6.07) is 6.78. The number of ether oxygens (including phenoxy) is 1. The minimum atomic E-state index is -0.390. The van der Waals surface area contributed by atoms with E-state index < -0.39 is 6.04 Å². The van der Waals surface area contributed by atoms with E-state index in [4.69, 9.17) is 4.74 Å². The molecule has 4 rings (SSSR count). The van der Waals surface area contributed by atoms with Gasteiger partial charge in [-0.05, 0) is 57.0 Å². The topological polar surface area (TPSA) is 99.1 Å². The number of aromatic nitrogens is 2. The molecule has 0 spiro atoms. The average Bonchev–Trinajstić information content (AvgIpc) is 2.97. The van der Waals surface area contributed by atoms with Crippen LogP contribution >= 0.6 is 0 Å². The quantitative estimate of drug-likeness (QED) is 0.546. The molecule has 2 aromatic rings. The van der Waals surface area contributed by atoms with Crippen molar-refractivity contribution in [1.82, 2.24) is 24.7 Å². The molecule has 0 radical (unpaired) electrons. The molecule has 0 aromatic carbocycles. The first kappa shape index (κ1) is 28.5. The lowest BCUT2D eigenvalue weighted by Crippen LogP contribution is -2.50. The van der Waals surface area contributed by atoms with Gasteiger partial charge >= 0.3 is 0 Å². The van der Waals surface area contributed by atoms with Crippen LogP contribution in [0.25, 0.3) is 0 Å². The molecule has 2 amide bonds. The van der Waals surface area contributed by atoms with Gasteiger partial charge in [-0.2, -0.15) is 0 Å². The van der Waals surface area contributed by atoms with Crippen molar-refractivity contribution in [3.8, 4) is 17.7 Å². The first-order valence-electron chi connectivity index (χ1n) is 13.8. The van der Waals surface area contributed by atoms with E-state index in [1.807, 2.05) is 32.0 Å². The summed E-state index contributed by atoms with van der Waals surface area (Å²) in [6.07, 6.45) is 7.00. The molecule has 1 N–H and O–H groups in total. The van der Waals surface area contributed by atoms with Crippen LogP contribution in [0.4, 0.5) is 0 Å². The fourth-order valence-electron chi connectivity index (χ4n) is 4.96. The Morgan fingerprint density at radius 2 is 2.03 bits per heavy atom. The largest absolute Gasteiger partial charge is 0.472 e. The van der Waals surface area contributed by atoms with Crippen LogP contribution in [0.3, 0.4) is 0 Å². The minimum absolute atomic E-state index is 0.0726. The molecule has 208 valence electrons. The molecule has 2 aromatic heterocycles. The normalized spacial score (nSPS) is 20.5. The molecule has 2 aliphatic heterocycles. The van der Waals surface area contributed by atoms with Gasteiger partial charge in [0.25, 0.3) is 5.91 Å². The second-order valence-electron chi connectivity index (χ2n) is 10.6. The van der Waals surface area contributed by atoms with Crippen LogP contribution in [0.1, 0.15) is 61.1 Å². The Balaban J connectivity index is 1.54. The van der Waals surface area contributed by atoms with Gasteiger partial charge in [0.15, 0.2) is 0 Å². The van der Waals surface area contributed by atoms with Crippen LogP contribution in [0.2, 0.25) is 0 Å². The molecule has 0 unspecified atom stereocenters. The van der Waals surface area contributed by atoms with Gasteiger partial charge in [0, 0.05) is 50.4 Å². The van der Waals surface area contributed by atoms with Gasteiger partial charge in [-0.15, -0.1) is 0 Å². The zero-order valence-electron chi connectivity index (χ0n) is 23.2. The molecule has 2 aliphatic rings. The van der Waals surface area contributed by atoms with Crippen LogP contribution in [-0.2, 0) is 4.79 Å². The molecule has 1 fully saturated rings. The number of nitrogens with zero attached hydrogens (tertiary/aromatic N) is 5. The van der Waals surface area contributed by atoms with Gasteiger partial charge in [0.1, 0.15) is 17.4 Å². The highest BCUT2D eigenvalue weighted by Gasteiger charge is 2.34. The van der Waals surface area contributed by atoms with Crippen LogP contribution in [0.15, 0.2) is 36.7 Å². The van der Waals surface area contributed by atoms with Crippen molar-refractivity contribution >= 4 is 11.8 Å². The van der Waals surface area contributed by atoms with E-state index >= 15 is 0 Å². The number of fused-ring (bicyclic) bond motifs is 1. The maximum atomic E-state index is 13.6. The molecule has 0 aliphatic carbocycles. The molecule has 4 heterocycles. The van der Waals surface area contributed by atoms with Crippen LogP contribution < -0.4 is 4.74 Å². The highest BCUT2D eigenvalue weighted by atomic mass is 16.5. The molecular formula is C30H39N5O4. The Labute approximate surface area is 231 Å². The second kappa shape index (κ2) is 13.5. The standard InChI is InChI=1S/C30H39N5O4/c1-22-19-35(23(2)21-36)30(38)26-17-24(10-11-25-9-5-6-13-31-25)18-32-29(26)39-27(22)20-33(3)28(37)12-16-34-14-7-4-8-15-34/h5-6,9,13,17-18,22-23,27,36H,4,7-8,12,14-16,19-21H2,1-3H3/t22-,23+,27+/m1/s1. The van der Waals surface area contributed by atoms with Gasteiger partial charge in [-0.25, -0.2) is 9.97 Å².